The number of hydrogen-bond donors (Lipinski definition) is 2. The van der Waals surface area contributed by atoms with Gasteiger partial charge in [0, 0.05) is 5.69 Å². The molecule has 142 valence electrons. The summed E-state index contributed by atoms with van der Waals surface area (Å²) in [6.07, 6.45) is 12.0. The van der Waals surface area contributed by atoms with Crippen LogP contribution < -0.4 is 10.7 Å². The summed E-state index contributed by atoms with van der Waals surface area (Å²) >= 11 is 1.75. The zero-order valence-electron chi connectivity index (χ0n) is 15.6. The fourth-order valence-corrected chi connectivity index (χ4v) is 5.18. The summed E-state index contributed by atoms with van der Waals surface area (Å²) in [5.41, 5.74) is 6.78. The first kappa shape index (κ1) is 16.1. The van der Waals surface area contributed by atoms with Crippen LogP contribution in [0.2, 0.25) is 0 Å². The number of rotatable bonds is 1. The second-order valence-electron chi connectivity index (χ2n) is 7.34. The predicted octanol–water partition coefficient (Wildman–Crippen LogP) is 3.73. The smallest absolute Gasteiger partial charge is 0.138 e. The number of H-pyrrole nitrogens is 2. The molecule has 0 radical (unpaired) electrons. The molecule has 7 heterocycles. The third-order valence-corrected chi connectivity index (χ3v) is 6.72. The number of aromatic amines is 2. The van der Waals surface area contributed by atoms with Crippen LogP contribution in [0.4, 0.5) is 0 Å². The van der Waals surface area contributed by atoms with Gasteiger partial charge in [-0.25, -0.2) is 9.98 Å². The van der Waals surface area contributed by atoms with Crippen LogP contribution in [0.25, 0.3) is 21.5 Å². The lowest BCUT2D eigenvalue weighted by atomic mass is 10.1. The molecule has 30 heavy (non-hydrogen) atoms. The molecule has 0 aromatic carbocycles. The Kier molecular flexibility index (Phi) is 3.15. The fourth-order valence-electron chi connectivity index (χ4n) is 4.08. The Morgan fingerprint density at radius 3 is 2.67 bits per heavy atom. The summed E-state index contributed by atoms with van der Waals surface area (Å²) in [6, 6.07) is 12.2. The molecule has 0 atom stereocenters. The van der Waals surface area contributed by atoms with E-state index < -0.39 is 0 Å². The monoisotopic (exact) mass is 406 g/mol. The third-order valence-electron chi connectivity index (χ3n) is 5.45. The van der Waals surface area contributed by atoms with Gasteiger partial charge >= 0.3 is 0 Å². The summed E-state index contributed by atoms with van der Waals surface area (Å²) in [4.78, 5) is 19.0. The Balaban J connectivity index is 1.60. The van der Waals surface area contributed by atoms with Crippen molar-refractivity contribution in [2.24, 2.45) is 9.98 Å². The van der Waals surface area contributed by atoms with Gasteiger partial charge in [-0.1, -0.05) is 11.8 Å². The molecule has 0 aliphatic carbocycles. The van der Waals surface area contributed by atoms with Gasteiger partial charge < -0.3 is 14.4 Å². The summed E-state index contributed by atoms with van der Waals surface area (Å²) in [6.45, 7) is 0. The van der Waals surface area contributed by atoms with E-state index in [0.29, 0.717) is 0 Å². The van der Waals surface area contributed by atoms with E-state index in [1.807, 2.05) is 24.3 Å². The van der Waals surface area contributed by atoms with Crippen molar-refractivity contribution in [3.8, 4) is 0 Å². The molecule has 0 spiro atoms. The number of aromatic nitrogens is 2. The van der Waals surface area contributed by atoms with Gasteiger partial charge in [-0.15, -0.1) is 0 Å². The molecule has 6 heteroatoms. The molecule has 4 aliphatic heterocycles. The number of aliphatic imine (C=N–C) groups is 2. The number of thioether (sulfide) groups is 1. The lowest BCUT2D eigenvalue weighted by Crippen LogP contribution is -2.20. The molecule has 5 nitrogen and oxygen atoms in total. The molecular formula is C24H14N4OS. The minimum atomic E-state index is 0.782. The second-order valence-corrected chi connectivity index (χ2v) is 8.36. The van der Waals surface area contributed by atoms with Crippen LogP contribution in [0.15, 0.2) is 92.8 Å². The first-order valence-corrected chi connectivity index (χ1v) is 10.5. The van der Waals surface area contributed by atoms with Crippen LogP contribution in [0.3, 0.4) is 0 Å². The minimum Gasteiger partial charge on any atom is -0.464 e. The fraction of sp³-hybridized carbons (Fsp3) is 0. The van der Waals surface area contributed by atoms with Gasteiger partial charge in [-0.2, -0.15) is 0 Å². The van der Waals surface area contributed by atoms with Crippen molar-refractivity contribution >= 4 is 44.6 Å². The molecule has 3 aromatic heterocycles. The second kappa shape index (κ2) is 5.87. The van der Waals surface area contributed by atoms with E-state index in [9.17, 15) is 0 Å². The summed E-state index contributed by atoms with van der Waals surface area (Å²) < 4.78 is 5.76. The highest BCUT2D eigenvalue weighted by Gasteiger charge is 2.25. The van der Waals surface area contributed by atoms with Gasteiger partial charge in [0.05, 0.1) is 60.9 Å². The van der Waals surface area contributed by atoms with E-state index in [1.165, 1.54) is 0 Å². The van der Waals surface area contributed by atoms with E-state index in [-0.39, 0.29) is 0 Å². The average Bonchev–Trinajstić information content (AvgIpc) is 3.56. The first-order valence-electron chi connectivity index (χ1n) is 9.67. The van der Waals surface area contributed by atoms with E-state index in [4.69, 9.17) is 14.4 Å². The summed E-state index contributed by atoms with van der Waals surface area (Å²) in [7, 11) is 0. The van der Waals surface area contributed by atoms with E-state index in [0.717, 1.165) is 66.0 Å². The van der Waals surface area contributed by atoms with Crippen molar-refractivity contribution in [2.75, 3.05) is 0 Å². The van der Waals surface area contributed by atoms with Crippen LogP contribution in [0, 0.1) is 0 Å². The number of furan rings is 1. The van der Waals surface area contributed by atoms with Crippen LogP contribution in [0.5, 0.6) is 0 Å². The van der Waals surface area contributed by atoms with Gasteiger partial charge in [-0.05, 0) is 66.8 Å². The largest absolute Gasteiger partial charge is 0.464 e. The van der Waals surface area contributed by atoms with E-state index in [2.05, 4.69) is 52.5 Å². The Morgan fingerprint density at radius 1 is 0.800 bits per heavy atom. The third kappa shape index (κ3) is 2.31. The molecule has 2 N–H and O–H groups in total. The molecule has 0 saturated carbocycles. The molecule has 0 saturated heterocycles. The van der Waals surface area contributed by atoms with Crippen LogP contribution in [0.1, 0.15) is 17.1 Å². The molecule has 0 amide bonds. The van der Waals surface area contributed by atoms with E-state index >= 15 is 0 Å². The lowest BCUT2D eigenvalue weighted by Gasteiger charge is -2.13. The average molecular weight is 406 g/mol. The highest BCUT2D eigenvalue weighted by molar-refractivity contribution is 8.17. The van der Waals surface area contributed by atoms with Crippen molar-refractivity contribution < 1.29 is 4.42 Å². The number of hydrogen-bond acceptors (Lipinski definition) is 4. The molecular weight excluding hydrogens is 392 g/mol. The van der Waals surface area contributed by atoms with Gasteiger partial charge in [0.25, 0.3) is 0 Å². The quantitative estimate of drug-likeness (QED) is 0.647. The zero-order chi connectivity index (χ0) is 19.7. The Morgan fingerprint density at radius 2 is 1.73 bits per heavy atom. The minimum absolute atomic E-state index is 0.782. The van der Waals surface area contributed by atoms with E-state index in [1.54, 1.807) is 18.0 Å². The molecule has 0 fully saturated rings. The number of nitrogens with one attached hydrogen (secondary N) is 2. The van der Waals surface area contributed by atoms with Crippen LogP contribution >= 0.6 is 11.8 Å². The maximum atomic E-state index is 5.76. The van der Waals surface area contributed by atoms with Crippen molar-refractivity contribution in [1.82, 2.24) is 9.97 Å². The Bertz CT molecular complexity index is 1550. The normalized spacial score (nSPS) is 18.6. The van der Waals surface area contributed by atoms with Crippen LogP contribution in [-0.2, 0) is 0 Å². The van der Waals surface area contributed by atoms with Gasteiger partial charge in [0.1, 0.15) is 5.76 Å². The number of fused-ring (bicyclic) bond motifs is 10. The number of nitrogens with zero attached hydrogens (tertiary/aromatic N) is 2. The maximum Gasteiger partial charge on any atom is 0.138 e. The lowest BCUT2D eigenvalue weighted by molar-refractivity contribution is 0.554. The highest BCUT2D eigenvalue weighted by atomic mass is 32.2. The summed E-state index contributed by atoms with van der Waals surface area (Å²) in [5, 5.41) is 2.00. The summed E-state index contributed by atoms with van der Waals surface area (Å²) in [5.74, 6) is 0.782. The molecule has 10 bridgehead atoms. The van der Waals surface area contributed by atoms with Crippen molar-refractivity contribution in [1.29, 1.82) is 0 Å². The van der Waals surface area contributed by atoms with Gasteiger partial charge in [0.15, 0.2) is 0 Å². The Hall–Kier alpha value is -3.77. The Labute approximate surface area is 175 Å². The molecule has 3 aromatic rings. The molecule has 7 rings (SSSR count). The molecule has 0 unspecified atom stereocenters. The van der Waals surface area contributed by atoms with Crippen molar-refractivity contribution in [2.45, 2.75) is 0 Å². The standard InChI is InChI=1S/C24H14N4OS/c1-2-21(29-11-1)22-15-5-3-13(25-15)12-14-4-6-17(26-14)23-19-9-10-20(28-19)24(30-23)18-8-7-16(22)27-18/h1-12,26-27H. The zero-order valence-corrected chi connectivity index (χ0v) is 16.5. The van der Waals surface area contributed by atoms with Crippen molar-refractivity contribution in [3.05, 3.63) is 106 Å². The highest BCUT2D eigenvalue weighted by Crippen LogP contribution is 2.44. The molecule has 4 aliphatic rings. The SMILES string of the molecule is C1=CC2=NC1=Cc1ccc([nH]1)C1=C3C=CC(=N3)C(=c3ccc([nH]3)=C2c2ccco2)S1. The van der Waals surface area contributed by atoms with Gasteiger partial charge in [-0.3, -0.25) is 0 Å². The first-order chi connectivity index (χ1) is 14.8. The topological polar surface area (TPSA) is 69.4 Å². The number of allylic oxidation sites excluding steroid dienone is 4. The van der Waals surface area contributed by atoms with Crippen molar-refractivity contribution in [3.63, 3.8) is 0 Å². The van der Waals surface area contributed by atoms with Gasteiger partial charge in [0.2, 0.25) is 0 Å². The maximum absolute atomic E-state index is 5.76. The predicted molar refractivity (Wildman–Crippen MR) is 121 cm³/mol. The van der Waals surface area contributed by atoms with Crippen LogP contribution in [-0.4, -0.2) is 21.4 Å².